The third-order valence-electron chi connectivity index (χ3n) is 3.15. The average molecular weight is 241 g/mol. The fourth-order valence-electron chi connectivity index (χ4n) is 2.02. The Balaban J connectivity index is 2.53. The molecule has 0 aliphatic carbocycles. The Labute approximate surface area is 108 Å². The Bertz CT molecular complexity index is 562. The van der Waals surface area contributed by atoms with Gasteiger partial charge in [-0.2, -0.15) is 0 Å². The molecule has 0 aliphatic rings. The highest BCUT2D eigenvalue weighted by Gasteiger charge is 2.08. The highest BCUT2D eigenvalue weighted by atomic mass is 14.9. The first kappa shape index (κ1) is 12.6. The van der Waals surface area contributed by atoms with Crippen LogP contribution in [-0.4, -0.2) is 9.97 Å². The quantitative estimate of drug-likeness (QED) is 0.897. The smallest absolute Gasteiger partial charge is 0.131 e. The van der Waals surface area contributed by atoms with Crippen molar-refractivity contribution in [2.45, 2.75) is 33.6 Å². The normalized spacial score (nSPS) is 10.6. The van der Waals surface area contributed by atoms with Crippen LogP contribution in [0.5, 0.6) is 0 Å². The van der Waals surface area contributed by atoms with E-state index in [0.717, 1.165) is 29.9 Å². The zero-order valence-electron chi connectivity index (χ0n) is 11.2. The standard InChI is InChI=1S/C15H19N3/c1-4-6-15-17-13(9-14(16)18-15)12-8-5-7-10(2)11(12)3/h5,7-9H,4,6H2,1-3H3,(H2,16,17,18). The molecule has 0 saturated carbocycles. The zero-order chi connectivity index (χ0) is 13.1. The van der Waals surface area contributed by atoms with Crippen molar-refractivity contribution < 1.29 is 0 Å². The van der Waals surface area contributed by atoms with Gasteiger partial charge in [0.1, 0.15) is 11.6 Å². The summed E-state index contributed by atoms with van der Waals surface area (Å²) < 4.78 is 0. The van der Waals surface area contributed by atoms with Crippen LogP contribution in [0.1, 0.15) is 30.3 Å². The van der Waals surface area contributed by atoms with Gasteiger partial charge in [0.15, 0.2) is 0 Å². The molecule has 0 bridgehead atoms. The maximum absolute atomic E-state index is 5.86. The second-order valence-corrected chi connectivity index (χ2v) is 4.59. The summed E-state index contributed by atoms with van der Waals surface area (Å²) in [5, 5.41) is 0. The Kier molecular flexibility index (Phi) is 3.60. The van der Waals surface area contributed by atoms with Crippen LogP contribution >= 0.6 is 0 Å². The highest BCUT2D eigenvalue weighted by Crippen LogP contribution is 2.25. The van der Waals surface area contributed by atoms with E-state index in [9.17, 15) is 0 Å². The summed E-state index contributed by atoms with van der Waals surface area (Å²) in [4.78, 5) is 8.87. The lowest BCUT2D eigenvalue weighted by Gasteiger charge is -2.10. The molecule has 0 aliphatic heterocycles. The van der Waals surface area contributed by atoms with Crippen molar-refractivity contribution in [2.24, 2.45) is 0 Å². The maximum Gasteiger partial charge on any atom is 0.131 e. The molecule has 0 radical (unpaired) electrons. The molecule has 3 heteroatoms. The molecular formula is C15H19N3. The molecule has 2 aromatic rings. The van der Waals surface area contributed by atoms with Gasteiger partial charge in [0.25, 0.3) is 0 Å². The first-order chi connectivity index (χ1) is 8.61. The number of nitrogens with two attached hydrogens (primary N) is 1. The van der Waals surface area contributed by atoms with Crippen molar-refractivity contribution in [3.05, 3.63) is 41.2 Å². The molecule has 1 heterocycles. The Hall–Kier alpha value is -1.90. The van der Waals surface area contributed by atoms with E-state index in [4.69, 9.17) is 5.73 Å². The van der Waals surface area contributed by atoms with Gasteiger partial charge in [0.05, 0.1) is 5.69 Å². The van der Waals surface area contributed by atoms with E-state index in [-0.39, 0.29) is 0 Å². The Morgan fingerprint density at radius 2 is 1.94 bits per heavy atom. The second-order valence-electron chi connectivity index (χ2n) is 4.59. The Morgan fingerprint density at radius 1 is 1.17 bits per heavy atom. The van der Waals surface area contributed by atoms with Crippen LogP contribution < -0.4 is 5.73 Å². The summed E-state index contributed by atoms with van der Waals surface area (Å²) >= 11 is 0. The van der Waals surface area contributed by atoms with Crippen LogP contribution in [0.15, 0.2) is 24.3 Å². The van der Waals surface area contributed by atoms with E-state index in [2.05, 4.69) is 48.9 Å². The van der Waals surface area contributed by atoms with Crippen molar-refractivity contribution >= 4 is 5.82 Å². The van der Waals surface area contributed by atoms with E-state index in [1.807, 2.05) is 6.07 Å². The summed E-state index contributed by atoms with van der Waals surface area (Å²) in [6, 6.07) is 8.09. The van der Waals surface area contributed by atoms with Crippen molar-refractivity contribution in [3.8, 4) is 11.3 Å². The van der Waals surface area contributed by atoms with Crippen molar-refractivity contribution in [3.63, 3.8) is 0 Å². The monoisotopic (exact) mass is 241 g/mol. The molecule has 1 aromatic carbocycles. The predicted octanol–water partition coefficient (Wildman–Crippen LogP) is 3.30. The van der Waals surface area contributed by atoms with Gasteiger partial charge in [-0.3, -0.25) is 0 Å². The van der Waals surface area contributed by atoms with Gasteiger partial charge in [-0.15, -0.1) is 0 Å². The number of nitrogens with zero attached hydrogens (tertiary/aromatic N) is 2. The molecule has 0 spiro atoms. The van der Waals surface area contributed by atoms with Crippen molar-refractivity contribution in [2.75, 3.05) is 5.73 Å². The van der Waals surface area contributed by atoms with Crippen LogP contribution in [0, 0.1) is 13.8 Å². The first-order valence-corrected chi connectivity index (χ1v) is 6.32. The second kappa shape index (κ2) is 5.17. The molecule has 0 amide bonds. The minimum absolute atomic E-state index is 0.546. The van der Waals surface area contributed by atoms with E-state index in [0.29, 0.717) is 5.82 Å². The van der Waals surface area contributed by atoms with Crippen LogP contribution in [0.2, 0.25) is 0 Å². The molecule has 0 fully saturated rings. The largest absolute Gasteiger partial charge is 0.384 e. The lowest BCUT2D eigenvalue weighted by Crippen LogP contribution is -2.02. The van der Waals surface area contributed by atoms with Crippen LogP contribution in [-0.2, 0) is 6.42 Å². The lowest BCUT2D eigenvalue weighted by atomic mass is 10.0. The number of aromatic nitrogens is 2. The van der Waals surface area contributed by atoms with Gasteiger partial charge in [0.2, 0.25) is 0 Å². The van der Waals surface area contributed by atoms with Gasteiger partial charge >= 0.3 is 0 Å². The number of anilines is 1. The minimum atomic E-state index is 0.546. The molecule has 1 aromatic heterocycles. The third kappa shape index (κ3) is 2.50. The van der Waals surface area contributed by atoms with Crippen LogP contribution in [0.25, 0.3) is 11.3 Å². The summed E-state index contributed by atoms with van der Waals surface area (Å²) in [7, 11) is 0. The summed E-state index contributed by atoms with van der Waals surface area (Å²) in [5.74, 6) is 1.37. The average Bonchev–Trinajstić information content (AvgIpc) is 2.32. The topological polar surface area (TPSA) is 51.8 Å². The molecule has 2 N–H and O–H groups in total. The van der Waals surface area contributed by atoms with Gasteiger partial charge in [0, 0.05) is 18.1 Å². The molecule has 3 nitrogen and oxygen atoms in total. The summed E-state index contributed by atoms with van der Waals surface area (Å²) in [6.07, 6.45) is 1.89. The first-order valence-electron chi connectivity index (χ1n) is 6.32. The number of rotatable bonds is 3. The number of hydrogen-bond donors (Lipinski definition) is 1. The summed E-state index contributed by atoms with van der Waals surface area (Å²) in [6.45, 7) is 6.34. The number of hydrogen-bond acceptors (Lipinski definition) is 3. The minimum Gasteiger partial charge on any atom is -0.384 e. The zero-order valence-corrected chi connectivity index (χ0v) is 11.2. The summed E-state index contributed by atoms with van der Waals surface area (Å²) in [5.41, 5.74) is 10.4. The van der Waals surface area contributed by atoms with E-state index in [1.54, 1.807) is 0 Å². The molecule has 18 heavy (non-hydrogen) atoms. The van der Waals surface area contributed by atoms with Gasteiger partial charge in [-0.1, -0.05) is 25.1 Å². The molecule has 94 valence electrons. The number of nitrogen functional groups attached to an aromatic ring is 1. The maximum atomic E-state index is 5.86. The fourth-order valence-corrected chi connectivity index (χ4v) is 2.02. The number of aryl methyl sites for hydroxylation is 2. The fraction of sp³-hybridized carbons (Fsp3) is 0.333. The van der Waals surface area contributed by atoms with Gasteiger partial charge in [-0.05, 0) is 31.4 Å². The Morgan fingerprint density at radius 3 is 2.67 bits per heavy atom. The third-order valence-corrected chi connectivity index (χ3v) is 3.15. The number of benzene rings is 1. The van der Waals surface area contributed by atoms with E-state index in [1.165, 1.54) is 11.1 Å². The van der Waals surface area contributed by atoms with Crippen molar-refractivity contribution in [1.82, 2.24) is 9.97 Å². The molecule has 0 saturated heterocycles. The molecule has 2 rings (SSSR count). The van der Waals surface area contributed by atoms with Gasteiger partial charge < -0.3 is 5.73 Å². The van der Waals surface area contributed by atoms with Gasteiger partial charge in [-0.25, -0.2) is 9.97 Å². The van der Waals surface area contributed by atoms with Crippen LogP contribution in [0.4, 0.5) is 5.82 Å². The molecule has 0 atom stereocenters. The highest BCUT2D eigenvalue weighted by molar-refractivity contribution is 5.66. The molecular weight excluding hydrogens is 222 g/mol. The van der Waals surface area contributed by atoms with E-state index < -0.39 is 0 Å². The predicted molar refractivity (Wildman–Crippen MR) is 75.3 cm³/mol. The van der Waals surface area contributed by atoms with Crippen molar-refractivity contribution in [1.29, 1.82) is 0 Å². The lowest BCUT2D eigenvalue weighted by molar-refractivity contribution is 0.839. The molecule has 0 unspecified atom stereocenters. The van der Waals surface area contributed by atoms with Crippen LogP contribution in [0.3, 0.4) is 0 Å². The van der Waals surface area contributed by atoms with E-state index >= 15 is 0 Å². The SMILES string of the molecule is CCCc1nc(N)cc(-c2cccc(C)c2C)n1.